The summed E-state index contributed by atoms with van der Waals surface area (Å²) < 4.78 is 12.5. The zero-order valence-electron chi connectivity index (χ0n) is 28.1. The van der Waals surface area contributed by atoms with Crippen LogP contribution >= 0.6 is 0 Å². The molecule has 0 amide bonds. The predicted octanol–water partition coefficient (Wildman–Crippen LogP) is 5.16. The Bertz CT molecular complexity index is 1280. The van der Waals surface area contributed by atoms with Crippen molar-refractivity contribution in [3.63, 3.8) is 0 Å². The second kappa shape index (κ2) is 15.0. The molecule has 0 spiro atoms. The first kappa shape index (κ1) is 34.6. The molecule has 252 valence electrons. The summed E-state index contributed by atoms with van der Waals surface area (Å²) in [6.45, 7) is 6.77. The molecule has 0 bridgehead atoms. The normalized spacial score (nSPS) is 28.2. The summed E-state index contributed by atoms with van der Waals surface area (Å²) in [6.07, 6.45) is 9.34. The minimum absolute atomic E-state index is 0.0402. The highest BCUT2D eigenvalue weighted by Crippen LogP contribution is 2.43. The third kappa shape index (κ3) is 7.51. The summed E-state index contributed by atoms with van der Waals surface area (Å²) in [7, 11) is 4.22. The van der Waals surface area contributed by atoms with Crippen molar-refractivity contribution in [2.24, 2.45) is 11.8 Å². The topological polar surface area (TPSA) is 96.3 Å². The molecule has 4 aliphatic rings. The molecule has 2 heterocycles. The van der Waals surface area contributed by atoms with E-state index in [-0.39, 0.29) is 24.0 Å². The van der Waals surface area contributed by atoms with Crippen molar-refractivity contribution in [2.75, 3.05) is 46.8 Å². The van der Waals surface area contributed by atoms with Gasteiger partial charge in [-0.15, -0.1) is 0 Å². The number of nitrogens with zero attached hydrogens (tertiary/aromatic N) is 2. The largest absolute Gasteiger partial charge is 0.459 e. The maximum absolute atomic E-state index is 13.0. The van der Waals surface area contributed by atoms with Gasteiger partial charge in [-0.2, -0.15) is 0 Å². The van der Waals surface area contributed by atoms with Crippen molar-refractivity contribution in [2.45, 2.75) is 94.5 Å². The molecular weight excluding hydrogens is 580 g/mol. The number of aliphatic hydroxyl groups is 2. The number of likely N-dealkylation sites (N-methyl/N-ethyl adjacent to an activating group) is 2. The molecule has 4 fully saturated rings. The number of rotatable bonds is 9. The fourth-order valence-electron chi connectivity index (χ4n) is 8.10. The van der Waals surface area contributed by atoms with Crippen molar-refractivity contribution in [1.29, 1.82) is 0 Å². The number of ether oxygens (including phenoxy) is 2. The van der Waals surface area contributed by atoms with Crippen LogP contribution in [0.5, 0.6) is 0 Å². The average molecular weight is 636 g/mol. The van der Waals surface area contributed by atoms with Gasteiger partial charge < -0.3 is 29.1 Å². The van der Waals surface area contributed by atoms with Gasteiger partial charge in [-0.05, 0) is 57.2 Å². The number of likely N-dealkylation sites (tertiary alicyclic amines) is 2. The smallest absolute Gasteiger partial charge is 0.343 e. The summed E-state index contributed by atoms with van der Waals surface area (Å²) in [5, 5.41) is 22.7. The van der Waals surface area contributed by atoms with Crippen LogP contribution in [0.3, 0.4) is 0 Å². The lowest BCUT2D eigenvalue weighted by Gasteiger charge is -2.33. The van der Waals surface area contributed by atoms with Gasteiger partial charge in [0.05, 0.1) is 20.1 Å². The third-order valence-electron chi connectivity index (χ3n) is 11.2. The molecule has 3 unspecified atom stereocenters. The second-order valence-corrected chi connectivity index (χ2v) is 14.5. The molecule has 46 heavy (non-hydrogen) atoms. The average Bonchev–Trinajstić information content (AvgIpc) is 3.91. The fraction of sp³-hybridized carbons (Fsp3) is 0.632. The van der Waals surface area contributed by atoms with E-state index < -0.39 is 23.1 Å². The van der Waals surface area contributed by atoms with Gasteiger partial charge in [0.1, 0.15) is 12.6 Å². The maximum Gasteiger partial charge on any atom is 0.343 e. The van der Waals surface area contributed by atoms with E-state index in [0.717, 1.165) is 101 Å². The van der Waals surface area contributed by atoms with E-state index in [4.69, 9.17) is 9.47 Å². The molecule has 2 aromatic rings. The van der Waals surface area contributed by atoms with Gasteiger partial charge >= 0.3 is 11.9 Å². The summed E-state index contributed by atoms with van der Waals surface area (Å²) in [6, 6.07) is 18.7. The molecule has 2 aliphatic carbocycles. The molecule has 2 N–H and O–H groups in total. The molecule has 0 aromatic heterocycles. The number of carbonyl (C=O) groups is 2. The molecule has 2 aromatic carbocycles. The van der Waals surface area contributed by atoms with Gasteiger partial charge in [0.2, 0.25) is 0 Å². The lowest BCUT2D eigenvalue weighted by molar-refractivity contribution is -0.897. The summed E-state index contributed by atoms with van der Waals surface area (Å²) in [5.74, 6) is -0.997. The number of hydrogen-bond acceptors (Lipinski definition) is 7. The Morgan fingerprint density at radius 3 is 1.61 bits per heavy atom. The first-order valence-electron chi connectivity index (χ1n) is 17.6. The number of benzene rings is 2. The van der Waals surface area contributed by atoms with E-state index >= 15 is 0 Å². The van der Waals surface area contributed by atoms with Crippen LogP contribution in [-0.4, -0.2) is 90.6 Å². The number of hydrogen-bond donors (Lipinski definition) is 2. The van der Waals surface area contributed by atoms with Crippen LogP contribution in [0.2, 0.25) is 0 Å². The second-order valence-electron chi connectivity index (χ2n) is 14.5. The maximum atomic E-state index is 13.0. The van der Waals surface area contributed by atoms with Crippen molar-refractivity contribution < 1.29 is 33.8 Å². The van der Waals surface area contributed by atoms with Gasteiger partial charge in [0.25, 0.3) is 0 Å². The van der Waals surface area contributed by atoms with Crippen LogP contribution in [0.15, 0.2) is 60.7 Å². The van der Waals surface area contributed by atoms with Crippen molar-refractivity contribution in [3.05, 3.63) is 71.8 Å². The molecule has 0 radical (unpaired) electrons. The minimum Gasteiger partial charge on any atom is -0.459 e. The molecule has 8 heteroatoms. The monoisotopic (exact) mass is 635 g/mol. The Morgan fingerprint density at radius 1 is 0.761 bits per heavy atom. The number of quaternary nitrogens is 1. The van der Waals surface area contributed by atoms with Gasteiger partial charge in [-0.25, -0.2) is 9.59 Å². The first-order chi connectivity index (χ1) is 22.1. The fourth-order valence-corrected chi connectivity index (χ4v) is 8.10. The zero-order valence-corrected chi connectivity index (χ0v) is 28.1. The molecule has 2 aliphatic heterocycles. The quantitative estimate of drug-likeness (QED) is 0.290. The Labute approximate surface area is 275 Å². The van der Waals surface area contributed by atoms with E-state index in [1.54, 1.807) is 0 Å². The van der Waals surface area contributed by atoms with Crippen molar-refractivity contribution >= 4 is 11.9 Å². The van der Waals surface area contributed by atoms with Crippen LogP contribution in [0, 0.1) is 11.8 Å². The van der Waals surface area contributed by atoms with E-state index in [1.807, 2.05) is 67.7 Å². The van der Waals surface area contributed by atoms with Crippen LogP contribution in [-0.2, 0) is 30.3 Å². The van der Waals surface area contributed by atoms with Crippen molar-refractivity contribution in [3.8, 4) is 0 Å². The minimum atomic E-state index is -1.50. The standard InChI is InChI=1S/C20H30NO3.C18H25NO3/c1-3-21(2)14-13-18(15-21)24-19(22)20(23,17-11-7-8-12-17)16-9-5-4-6-10-16;1-19-12-11-16(13-19)22-17(20)18(21,15-9-5-6-10-15)14-7-3-2-4-8-14/h4-6,9-10,17-18,23H,3,7-8,11-15H2,1-2H3;2-4,7-8,15-16,21H,5-6,9-13H2,1H3/q+1;/t18-,20?,21?;16-,18?/m00/s1. The zero-order chi connectivity index (χ0) is 32.8. The summed E-state index contributed by atoms with van der Waals surface area (Å²) in [4.78, 5) is 28.0. The number of carbonyl (C=O) groups excluding carboxylic acids is 2. The van der Waals surface area contributed by atoms with Crippen LogP contribution in [0.25, 0.3) is 0 Å². The predicted molar refractivity (Wildman–Crippen MR) is 178 cm³/mol. The van der Waals surface area contributed by atoms with Gasteiger partial charge in [0.15, 0.2) is 17.3 Å². The van der Waals surface area contributed by atoms with E-state index in [9.17, 15) is 19.8 Å². The molecule has 6 rings (SSSR count). The van der Waals surface area contributed by atoms with Crippen LogP contribution in [0.1, 0.15) is 82.3 Å². The van der Waals surface area contributed by atoms with Gasteiger partial charge in [0, 0.05) is 31.3 Å². The highest BCUT2D eigenvalue weighted by Gasteiger charge is 2.50. The van der Waals surface area contributed by atoms with Crippen LogP contribution < -0.4 is 0 Å². The third-order valence-corrected chi connectivity index (χ3v) is 11.2. The van der Waals surface area contributed by atoms with Gasteiger partial charge in [-0.1, -0.05) is 86.3 Å². The molecular formula is C38H55N2O6+. The molecule has 8 nitrogen and oxygen atoms in total. The Balaban J connectivity index is 0.000000182. The summed E-state index contributed by atoms with van der Waals surface area (Å²) >= 11 is 0. The highest BCUT2D eigenvalue weighted by atomic mass is 16.6. The molecule has 5 atom stereocenters. The molecule has 2 saturated heterocycles. The van der Waals surface area contributed by atoms with Crippen LogP contribution in [0.4, 0.5) is 0 Å². The molecule has 2 saturated carbocycles. The van der Waals surface area contributed by atoms with Crippen molar-refractivity contribution in [1.82, 2.24) is 4.90 Å². The van der Waals surface area contributed by atoms with Gasteiger partial charge in [-0.3, -0.25) is 0 Å². The Hall–Kier alpha value is -2.78. The lowest BCUT2D eigenvalue weighted by atomic mass is 9.80. The van der Waals surface area contributed by atoms with E-state index in [0.29, 0.717) is 11.1 Å². The summed E-state index contributed by atoms with van der Waals surface area (Å²) in [5.41, 5.74) is -1.67. The SMILES string of the molecule is CC[N+]1(C)CC[C@H](OC(=O)C(O)(c2ccccc2)C2CCCC2)C1.CN1CC[C@H](OC(=O)C(O)(c2ccccc2)C2CCCC2)C1. The van der Waals surface area contributed by atoms with E-state index in [1.165, 1.54) is 0 Å². The Kier molecular flexibility index (Phi) is 11.2. The van der Waals surface area contributed by atoms with E-state index in [2.05, 4.69) is 18.9 Å². The lowest BCUT2D eigenvalue weighted by Crippen LogP contribution is -2.46. The Morgan fingerprint density at radius 2 is 1.22 bits per heavy atom. The first-order valence-corrected chi connectivity index (χ1v) is 17.6. The highest BCUT2D eigenvalue weighted by molar-refractivity contribution is 5.82. The number of esters is 2.